The second kappa shape index (κ2) is 18.5. The number of rotatable bonds is 9. The van der Waals surface area contributed by atoms with Crippen LogP contribution in [0.5, 0.6) is 0 Å². The van der Waals surface area contributed by atoms with Crippen molar-refractivity contribution in [1.82, 2.24) is 0 Å². The van der Waals surface area contributed by atoms with Crippen LogP contribution in [0, 0.1) is 56.7 Å². The van der Waals surface area contributed by atoms with Gasteiger partial charge in [-0.1, -0.05) is 53.2 Å². The van der Waals surface area contributed by atoms with Crippen molar-refractivity contribution < 1.29 is 94.5 Å². The van der Waals surface area contributed by atoms with Crippen LogP contribution in [-0.2, 0) is 33.2 Å². The fourth-order valence-electron chi connectivity index (χ4n) is 15.2. The lowest BCUT2D eigenvalue weighted by Crippen LogP contribution is -2.68. The molecule has 5 aliphatic carbocycles. The van der Waals surface area contributed by atoms with Gasteiger partial charge in [0.25, 0.3) is 0 Å². The first-order valence-corrected chi connectivity index (χ1v) is 24.5. The van der Waals surface area contributed by atoms with Crippen LogP contribution in [0.4, 0.5) is 0 Å². The van der Waals surface area contributed by atoms with Gasteiger partial charge in [-0.05, 0) is 104 Å². The normalized spacial score (nSPS) is 56.7. The second-order valence-electron chi connectivity index (χ2n) is 22.9. The number of allylic oxidation sites excluding steroid dienone is 2. The van der Waals surface area contributed by atoms with Crippen molar-refractivity contribution in [2.24, 2.45) is 56.7 Å². The molecule has 0 spiro atoms. The molecule has 0 aromatic heterocycles. The number of carbonyl (C=O) groups is 1. The van der Waals surface area contributed by atoms with Crippen LogP contribution in [0.2, 0.25) is 0 Å². The molecule has 4 saturated carbocycles. The van der Waals surface area contributed by atoms with E-state index in [2.05, 4.69) is 40.7 Å². The minimum absolute atomic E-state index is 0.0112. The smallest absolute Gasteiger partial charge is 0.315 e. The van der Waals surface area contributed by atoms with Crippen molar-refractivity contribution in [3.8, 4) is 0 Å². The second-order valence-corrected chi connectivity index (χ2v) is 22.9. The summed E-state index contributed by atoms with van der Waals surface area (Å²) >= 11 is 0. The molecule has 0 amide bonds. The van der Waals surface area contributed by atoms with Gasteiger partial charge in [0.05, 0.1) is 43.5 Å². The molecule has 12 N–H and O–H groups in total. The zero-order valence-electron chi connectivity index (χ0n) is 39.8. The maximum atomic E-state index is 15.0. The minimum atomic E-state index is -1.86. The SMILES string of the molecule is CC1O[C@@H](O[C@@H]2C(CO)O[C@@H](OCC3O[C@@H](OC(=O)[C@]45CC[C@@H](C)[C@H](C)[C@H]4C4=CC[C@@H]6[C@@]7(C)C[C@@H](O)[C@H](O)[C@@](C)(CO)[C@@H]7CC[C@@]6(C)[C@]4(C)CC5)C(O)[C@H](O)[C@@H]3O)C(O)[C@@H]2O)C(O)[C@@H](O)[C@H]1O. The Balaban J connectivity index is 0.985. The van der Waals surface area contributed by atoms with Crippen molar-refractivity contribution in [3.63, 3.8) is 0 Å². The molecule has 0 bridgehead atoms. The predicted molar refractivity (Wildman–Crippen MR) is 231 cm³/mol. The molecule has 3 aliphatic heterocycles. The molecule has 8 rings (SSSR count). The summed E-state index contributed by atoms with van der Waals surface area (Å²) in [7, 11) is 0. The zero-order chi connectivity index (χ0) is 49.1. The molecular formula is C48H78O19. The van der Waals surface area contributed by atoms with Crippen molar-refractivity contribution >= 4 is 5.97 Å². The van der Waals surface area contributed by atoms with Crippen LogP contribution >= 0.6 is 0 Å². The van der Waals surface area contributed by atoms with Crippen LogP contribution < -0.4 is 0 Å². The number of aliphatic hydroxyl groups is 12. The van der Waals surface area contributed by atoms with Crippen LogP contribution in [0.25, 0.3) is 0 Å². The summed E-state index contributed by atoms with van der Waals surface area (Å²) in [6.07, 6.45) is -18.9. The summed E-state index contributed by atoms with van der Waals surface area (Å²) in [6, 6.07) is 0. The predicted octanol–water partition coefficient (Wildman–Crippen LogP) is -1.03. The molecule has 3 heterocycles. The van der Waals surface area contributed by atoms with Gasteiger partial charge in [0, 0.05) is 5.41 Å². The molecule has 6 unspecified atom stereocenters. The van der Waals surface area contributed by atoms with Gasteiger partial charge in [-0.3, -0.25) is 4.79 Å². The van der Waals surface area contributed by atoms with E-state index in [9.17, 15) is 61.3 Å². The lowest BCUT2D eigenvalue weighted by Gasteiger charge is -2.71. The Labute approximate surface area is 392 Å². The van der Waals surface area contributed by atoms with E-state index in [1.165, 1.54) is 12.5 Å². The first-order chi connectivity index (χ1) is 31.4. The van der Waals surface area contributed by atoms with Gasteiger partial charge < -0.3 is 89.7 Å². The molecule has 0 aromatic rings. The molecule has 384 valence electrons. The number of hydrogen-bond donors (Lipinski definition) is 12. The van der Waals surface area contributed by atoms with Gasteiger partial charge in [-0.15, -0.1) is 0 Å². The van der Waals surface area contributed by atoms with E-state index < -0.39 is 134 Å². The molecule has 67 heavy (non-hydrogen) atoms. The molecule has 7 fully saturated rings. The zero-order valence-corrected chi connectivity index (χ0v) is 39.8. The topological polar surface area (TPSA) is 315 Å². The highest BCUT2D eigenvalue weighted by Gasteiger charge is 2.71. The number of ether oxygens (including phenoxy) is 6. The van der Waals surface area contributed by atoms with Crippen molar-refractivity contribution in [3.05, 3.63) is 11.6 Å². The molecule has 19 heteroatoms. The Bertz CT molecular complexity index is 1820. The summed E-state index contributed by atoms with van der Waals surface area (Å²) in [5.74, 6) is -0.386. The third-order valence-electron chi connectivity index (χ3n) is 19.7. The van der Waals surface area contributed by atoms with Crippen LogP contribution in [0.3, 0.4) is 0 Å². The van der Waals surface area contributed by atoms with E-state index in [-0.39, 0.29) is 52.4 Å². The Kier molecular flexibility index (Phi) is 14.4. The Morgan fingerprint density at radius 3 is 2.01 bits per heavy atom. The van der Waals surface area contributed by atoms with Gasteiger partial charge in [0.15, 0.2) is 12.6 Å². The molecule has 3 saturated heterocycles. The maximum absolute atomic E-state index is 15.0. The van der Waals surface area contributed by atoms with E-state index in [0.29, 0.717) is 32.1 Å². The summed E-state index contributed by atoms with van der Waals surface area (Å²) in [4.78, 5) is 15.0. The molecule has 8 aliphatic rings. The van der Waals surface area contributed by atoms with Gasteiger partial charge >= 0.3 is 5.97 Å². The van der Waals surface area contributed by atoms with Crippen molar-refractivity contribution in [2.45, 2.75) is 204 Å². The standard InChI is InChI=1S/C48H78O19/c1-20-10-13-48(15-14-46(6)23(29(48)21(20)2)8-9-28-44(4)16-24(51)39(60)45(5,19-50)27(44)11-12-47(28,46)7)43(61)67-42-36(58)33(55)31(53)26(65-42)18-62-40-37(59)34(56)38(25(17-49)64-40)66-41-35(57)32(54)30(52)22(3)63-41/h8,20-22,24-42,49-60H,9-19H2,1-7H3/t20-,21+,22?,24-,25?,26?,27-,28-,29+,30+,31-,32+,33-,34+,35?,36?,37?,38-,39+,40-,41+,42+,44+,45+,46-,47-,48+/m1/s1. The summed E-state index contributed by atoms with van der Waals surface area (Å²) < 4.78 is 34.7. The van der Waals surface area contributed by atoms with Gasteiger partial charge in [-0.25, -0.2) is 0 Å². The third kappa shape index (κ3) is 7.92. The average molecular weight is 959 g/mol. The fourth-order valence-corrected chi connectivity index (χ4v) is 15.2. The van der Waals surface area contributed by atoms with Crippen LogP contribution in [-0.4, -0.2) is 191 Å². The van der Waals surface area contributed by atoms with Gasteiger partial charge in [0.1, 0.15) is 67.1 Å². The quantitative estimate of drug-likeness (QED) is 0.0971. The van der Waals surface area contributed by atoms with E-state index >= 15 is 4.79 Å². The largest absolute Gasteiger partial charge is 0.432 e. The number of fused-ring (bicyclic) bond motifs is 7. The average Bonchev–Trinajstić information content (AvgIpc) is 3.29. The number of esters is 1. The van der Waals surface area contributed by atoms with Crippen molar-refractivity contribution in [1.29, 1.82) is 0 Å². The maximum Gasteiger partial charge on any atom is 0.315 e. The Morgan fingerprint density at radius 1 is 0.701 bits per heavy atom. The number of aliphatic hydroxyl groups excluding tert-OH is 12. The van der Waals surface area contributed by atoms with Gasteiger partial charge in [0.2, 0.25) is 6.29 Å². The summed E-state index contributed by atoms with van der Waals surface area (Å²) in [6.45, 7) is 13.0. The van der Waals surface area contributed by atoms with Crippen LogP contribution in [0.1, 0.15) is 99.8 Å². The van der Waals surface area contributed by atoms with E-state index in [4.69, 9.17) is 28.4 Å². The van der Waals surface area contributed by atoms with Gasteiger partial charge in [-0.2, -0.15) is 0 Å². The molecule has 27 atom stereocenters. The Hall–Kier alpha value is -1.47. The minimum Gasteiger partial charge on any atom is -0.432 e. The monoisotopic (exact) mass is 959 g/mol. The molecule has 0 aromatic carbocycles. The fraction of sp³-hybridized carbons (Fsp3) is 0.938. The highest BCUT2D eigenvalue weighted by molar-refractivity contribution is 5.79. The van der Waals surface area contributed by atoms with E-state index in [1.807, 2.05) is 6.92 Å². The van der Waals surface area contributed by atoms with Crippen LogP contribution in [0.15, 0.2) is 11.6 Å². The molecular weight excluding hydrogens is 881 g/mol. The lowest BCUT2D eigenvalue weighted by molar-refractivity contribution is -0.361. The van der Waals surface area contributed by atoms with Crippen molar-refractivity contribution in [2.75, 3.05) is 19.8 Å². The first-order valence-electron chi connectivity index (χ1n) is 24.5. The van der Waals surface area contributed by atoms with E-state index in [0.717, 1.165) is 19.3 Å². The number of hydrogen-bond acceptors (Lipinski definition) is 19. The first kappa shape index (κ1) is 51.9. The highest BCUT2D eigenvalue weighted by atomic mass is 16.8. The Morgan fingerprint density at radius 2 is 1.34 bits per heavy atom. The highest BCUT2D eigenvalue weighted by Crippen LogP contribution is 2.76. The summed E-state index contributed by atoms with van der Waals surface area (Å²) in [5, 5.41) is 130. The number of carbonyl (C=O) groups excluding carboxylic acids is 1. The molecule has 19 nitrogen and oxygen atoms in total. The lowest BCUT2D eigenvalue weighted by atomic mass is 9.33. The third-order valence-corrected chi connectivity index (χ3v) is 19.7. The summed E-state index contributed by atoms with van der Waals surface area (Å²) in [5.41, 5.74) is -1.64. The van der Waals surface area contributed by atoms with E-state index in [1.54, 1.807) is 0 Å². The molecule has 0 radical (unpaired) electrons.